The van der Waals surface area contributed by atoms with Gasteiger partial charge in [0.15, 0.2) is 0 Å². The van der Waals surface area contributed by atoms with E-state index in [4.69, 9.17) is 0 Å². The highest BCUT2D eigenvalue weighted by atomic mass is 19.4. The van der Waals surface area contributed by atoms with Crippen LogP contribution in [0.3, 0.4) is 0 Å². The van der Waals surface area contributed by atoms with Gasteiger partial charge < -0.3 is 19.7 Å². The van der Waals surface area contributed by atoms with Crippen molar-refractivity contribution in [2.75, 3.05) is 26.2 Å². The van der Waals surface area contributed by atoms with Gasteiger partial charge in [-0.05, 0) is 30.4 Å². The smallest absolute Gasteiger partial charge is 0.358 e. The van der Waals surface area contributed by atoms with Crippen molar-refractivity contribution in [1.82, 2.24) is 19.7 Å². The monoisotopic (exact) mass is 457 g/mol. The minimum absolute atomic E-state index is 0.0612. The second kappa shape index (κ2) is 8.56. The van der Waals surface area contributed by atoms with Crippen LogP contribution in [-0.2, 0) is 13.6 Å². The number of hydrogen-bond acceptors (Lipinski definition) is 4. The number of aliphatic imine (C=N–C) groups is 1. The number of fused-ring (bicyclic) bond motifs is 2. The summed E-state index contributed by atoms with van der Waals surface area (Å²) in [5.41, 5.74) is 1.85. The Balaban J connectivity index is 1.17. The van der Waals surface area contributed by atoms with E-state index in [1.54, 1.807) is 0 Å². The van der Waals surface area contributed by atoms with Crippen LogP contribution in [0.1, 0.15) is 18.5 Å². The summed E-state index contributed by atoms with van der Waals surface area (Å²) in [4.78, 5) is 8.58. The van der Waals surface area contributed by atoms with Gasteiger partial charge in [0.25, 0.3) is 0 Å². The van der Waals surface area contributed by atoms with E-state index in [2.05, 4.69) is 68.6 Å². The topological polar surface area (TPSA) is 35.8 Å². The molecule has 0 aliphatic carbocycles. The third-order valence-electron chi connectivity index (χ3n) is 7.29. The number of allylic oxidation sites excluding steroid dienone is 1. The Bertz CT molecular complexity index is 1100. The number of nitrogens with zero attached hydrogens (tertiary/aromatic N) is 4. The van der Waals surface area contributed by atoms with Gasteiger partial charge in [-0.15, -0.1) is 0 Å². The Morgan fingerprint density at radius 1 is 1.15 bits per heavy atom. The molecule has 1 aromatic heterocycles. The molecular formula is C25H30F3N5. The number of rotatable bonds is 5. The zero-order chi connectivity index (χ0) is 23.2. The highest BCUT2D eigenvalue weighted by Crippen LogP contribution is 2.34. The van der Waals surface area contributed by atoms with Gasteiger partial charge >= 0.3 is 6.18 Å². The summed E-state index contributed by atoms with van der Waals surface area (Å²) in [7, 11) is 2.10. The lowest BCUT2D eigenvalue weighted by Gasteiger charge is -2.41. The zero-order valence-electron chi connectivity index (χ0n) is 18.9. The molecule has 4 heterocycles. The van der Waals surface area contributed by atoms with Crippen molar-refractivity contribution in [3.8, 4) is 0 Å². The fourth-order valence-electron chi connectivity index (χ4n) is 5.30. The second-order valence-corrected chi connectivity index (χ2v) is 9.35. The van der Waals surface area contributed by atoms with E-state index in [9.17, 15) is 13.2 Å². The van der Waals surface area contributed by atoms with Crippen molar-refractivity contribution in [1.29, 1.82) is 0 Å². The molecule has 0 radical (unpaired) electrons. The average molecular weight is 458 g/mol. The highest BCUT2D eigenvalue weighted by molar-refractivity contribution is 5.82. The molecule has 0 saturated carbocycles. The molecule has 5 rings (SSSR count). The number of dihydropyridines is 1. The van der Waals surface area contributed by atoms with Crippen molar-refractivity contribution >= 4 is 17.1 Å². The van der Waals surface area contributed by atoms with Crippen molar-refractivity contribution in [3.05, 3.63) is 60.1 Å². The van der Waals surface area contributed by atoms with E-state index in [1.807, 2.05) is 0 Å². The van der Waals surface area contributed by atoms with Crippen molar-refractivity contribution < 1.29 is 13.2 Å². The molecule has 2 saturated heterocycles. The first-order valence-corrected chi connectivity index (χ1v) is 11.6. The van der Waals surface area contributed by atoms with Gasteiger partial charge in [0, 0.05) is 69.2 Å². The molecule has 1 N–H and O–H groups in total. The quantitative estimate of drug-likeness (QED) is 0.735. The van der Waals surface area contributed by atoms with Crippen molar-refractivity contribution in [2.24, 2.45) is 18.0 Å². The number of halogens is 3. The number of alkyl halides is 3. The molecule has 2 fully saturated rings. The Morgan fingerprint density at radius 2 is 1.91 bits per heavy atom. The Labute approximate surface area is 192 Å². The lowest BCUT2D eigenvalue weighted by molar-refractivity contribution is -0.0865. The molecule has 0 spiro atoms. The van der Waals surface area contributed by atoms with Crippen LogP contribution in [0.5, 0.6) is 0 Å². The number of benzene rings is 1. The van der Waals surface area contributed by atoms with E-state index in [-0.39, 0.29) is 12.0 Å². The van der Waals surface area contributed by atoms with Crippen LogP contribution in [0.4, 0.5) is 13.2 Å². The average Bonchev–Trinajstić information content (AvgIpc) is 3.40. The number of para-hydroxylation sites is 1. The molecule has 5 nitrogen and oxygen atoms in total. The van der Waals surface area contributed by atoms with Gasteiger partial charge in [-0.3, -0.25) is 4.99 Å². The summed E-state index contributed by atoms with van der Waals surface area (Å²) in [6.07, 6.45) is -0.219. The molecule has 3 aliphatic rings. The van der Waals surface area contributed by atoms with Crippen LogP contribution in [0.25, 0.3) is 10.9 Å². The molecule has 1 aromatic carbocycles. The first-order valence-electron chi connectivity index (χ1n) is 11.6. The fourth-order valence-corrected chi connectivity index (χ4v) is 5.30. The third-order valence-corrected chi connectivity index (χ3v) is 7.29. The lowest BCUT2D eigenvalue weighted by atomic mass is 9.88. The molecule has 0 bridgehead atoms. The Morgan fingerprint density at radius 3 is 2.70 bits per heavy atom. The van der Waals surface area contributed by atoms with E-state index >= 15 is 0 Å². The lowest BCUT2D eigenvalue weighted by Crippen LogP contribution is -2.46. The molecular weight excluding hydrogens is 427 g/mol. The number of hydrogen-bond donors (Lipinski definition) is 1. The Kier molecular flexibility index (Phi) is 5.72. The highest BCUT2D eigenvalue weighted by Gasteiger charge is 2.39. The minimum atomic E-state index is -4.34. The van der Waals surface area contributed by atoms with Gasteiger partial charge in [0.05, 0.1) is 17.4 Å². The normalized spacial score (nSPS) is 25.5. The summed E-state index contributed by atoms with van der Waals surface area (Å²) in [6.45, 7) is 8.16. The van der Waals surface area contributed by atoms with Crippen LogP contribution in [-0.4, -0.2) is 65.0 Å². The molecule has 33 heavy (non-hydrogen) atoms. The molecule has 176 valence electrons. The number of nitrogens with one attached hydrogen (secondary N) is 1. The van der Waals surface area contributed by atoms with Gasteiger partial charge in [-0.1, -0.05) is 30.9 Å². The maximum absolute atomic E-state index is 13.1. The molecule has 0 amide bonds. The predicted molar refractivity (Wildman–Crippen MR) is 125 cm³/mol. The second-order valence-electron chi connectivity index (χ2n) is 9.35. The van der Waals surface area contributed by atoms with E-state index in [0.29, 0.717) is 12.6 Å². The number of aromatic nitrogens is 1. The summed E-state index contributed by atoms with van der Waals surface area (Å²) >= 11 is 0. The van der Waals surface area contributed by atoms with Crippen LogP contribution < -0.4 is 5.32 Å². The largest absolute Gasteiger partial charge is 0.417 e. The first-order chi connectivity index (χ1) is 15.8. The summed E-state index contributed by atoms with van der Waals surface area (Å²) in [6, 6.07) is 10.9. The number of aryl methyl sites for hydroxylation is 1. The number of likely N-dealkylation sites (tertiary alicyclic amines) is 2. The molecule has 8 heteroatoms. The fraction of sp³-hybridized carbons (Fsp3) is 0.480. The van der Waals surface area contributed by atoms with Crippen molar-refractivity contribution in [3.63, 3.8) is 0 Å². The van der Waals surface area contributed by atoms with Gasteiger partial charge in [0.1, 0.15) is 0 Å². The molecule has 2 aromatic rings. The molecule has 3 unspecified atom stereocenters. The summed E-state index contributed by atoms with van der Waals surface area (Å²) in [5.74, 6) is 0.694. The van der Waals surface area contributed by atoms with E-state index in [0.717, 1.165) is 51.1 Å². The van der Waals surface area contributed by atoms with Gasteiger partial charge in [0.2, 0.25) is 0 Å². The maximum Gasteiger partial charge on any atom is 0.417 e. The van der Waals surface area contributed by atoms with Crippen LogP contribution in [0, 0.1) is 5.92 Å². The van der Waals surface area contributed by atoms with Crippen LogP contribution >= 0.6 is 0 Å². The summed E-state index contributed by atoms with van der Waals surface area (Å²) in [5, 5.41) is 4.93. The van der Waals surface area contributed by atoms with Crippen molar-refractivity contribution in [2.45, 2.75) is 37.6 Å². The van der Waals surface area contributed by atoms with Crippen LogP contribution in [0.2, 0.25) is 0 Å². The zero-order valence-corrected chi connectivity index (χ0v) is 18.9. The van der Waals surface area contributed by atoms with E-state index in [1.165, 1.54) is 22.7 Å². The van der Waals surface area contributed by atoms with Gasteiger partial charge in [-0.2, -0.15) is 13.2 Å². The SMILES string of the molecule is C=C(N1CCC(NCc2cc3ccccc3n2C)C1)N1CCC2N=CC(C(F)(F)F)=CC2C1. The minimum Gasteiger partial charge on any atom is -0.358 e. The maximum atomic E-state index is 13.1. The molecule has 3 aliphatic heterocycles. The van der Waals surface area contributed by atoms with Gasteiger partial charge in [-0.25, -0.2) is 0 Å². The standard InChI is InChI=1S/C25H30F3N5/c1-17(32-10-8-23-19(15-32)11-20(13-30-23)25(26,27)28)33-9-7-21(16-33)29-14-22-12-18-5-3-4-6-24(18)31(22)2/h3-6,11-13,19,21,23,29H,1,7-10,14-16H2,2H3. The Hall–Kier alpha value is -2.74. The van der Waals surface area contributed by atoms with E-state index < -0.39 is 11.7 Å². The van der Waals surface area contributed by atoms with Crippen LogP contribution in [0.15, 0.2) is 59.4 Å². The first kappa shape index (κ1) is 22.1. The summed E-state index contributed by atoms with van der Waals surface area (Å²) < 4.78 is 41.6. The predicted octanol–water partition coefficient (Wildman–Crippen LogP) is 4.08. The molecule has 3 atom stereocenters. The third kappa shape index (κ3) is 4.40. The number of piperidine rings is 1.